The number of anilines is 2. The molecule has 0 fully saturated rings. The van der Waals surface area contributed by atoms with Crippen LogP contribution in [0.25, 0.3) is 0 Å². The van der Waals surface area contributed by atoms with Crippen LogP contribution in [0.15, 0.2) is 59.8 Å². The number of hydrogen-bond acceptors (Lipinski definition) is 4. The summed E-state index contributed by atoms with van der Waals surface area (Å²) in [5.74, 6) is -0.337. The molecule has 0 aliphatic carbocycles. The molecule has 0 bridgehead atoms. The second kappa shape index (κ2) is 8.05. The van der Waals surface area contributed by atoms with Crippen LogP contribution in [-0.2, 0) is 10.0 Å². The van der Waals surface area contributed by atoms with Gasteiger partial charge in [0, 0.05) is 29.3 Å². The van der Waals surface area contributed by atoms with Gasteiger partial charge in [-0.2, -0.15) is 0 Å². The standard InChI is InChI=1S/C22H23N3O3S/c1-14-12-15(2)17(4)21(16(14)3)29(27,28)25-20-7-5-6-18(13-20)22(26)24-19-8-10-23-11-9-19/h5-13,25H,1-4H3,(H,23,24,26). The summed E-state index contributed by atoms with van der Waals surface area (Å²) >= 11 is 0. The minimum atomic E-state index is -3.81. The van der Waals surface area contributed by atoms with Crippen molar-refractivity contribution in [1.29, 1.82) is 0 Å². The van der Waals surface area contributed by atoms with Crippen molar-refractivity contribution in [2.45, 2.75) is 32.6 Å². The van der Waals surface area contributed by atoms with Crippen LogP contribution < -0.4 is 10.0 Å². The Balaban J connectivity index is 1.90. The van der Waals surface area contributed by atoms with Gasteiger partial charge in [-0.05, 0) is 80.3 Å². The number of nitrogens with one attached hydrogen (secondary N) is 2. The third-order valence-electron chi connectivity index (χ3n) is 4.88. The predicted molar refractivity (Wildman–Crippen MR) is 115 cm³/mol. The predicted octanol–water partition coefficient (Wildman–Crippen LogP) is 4.37. The molecule has 1 heterocycles. The number of nitrogens with zero attached hydrogens (tertiary/aromatic N) is 1. The fourth-order valence-corrected chi connectivity index (χ4v) is 4.82. The summed E-state index contributed by atoms with van der Waals surface area (Å²) in [6, 6.07) is 11.7. The highest BCUT2D eigenvalue weighted by Gasteiger charge is 2.22. The minimum Gasteiger partial charge on any atom is -0.322 e. The van der Waals surface area contributed by atoms with E-state index in [-0.39, 0.29) is 10.8 Å². The molecule has 0 atom stereocenters. The van der Waals surface area contributed by atoms with E-state index in [1.807, 2.05) is 19.9 Å². The molecule has 0 aliphatic rings. The van der Waals surface area contributed by atoms with Gasteiger partial charge in [-0.15, -0.1) is 0 Å². The van der Waals surface area contributed by atoms with Crippen LogP contribution in [0.4, 0.5) is 11.4 Å². The minimum absolute atomic E-state index is 0.279. The number of pyridine rings is 1. The third-order valence-corrected chi connectivity index (χ3v) is 6.54. The summed E-state index contributed by atoms with van der Waals surface area (Å²) in [7, 11) is -3.81. The molecule has 3 aromatic rings. The van der Waals surface area contributed by atoms with Crippen LogP contribution >= 0.6 is 0 Å². The van der Waals surface area contributed by atoms with Crippen molar-refractivity contribution in [3.8, 4) is 0 Å². The van der Waals surface area contributed by atoms with E-state index in [1.165, 1.54) is 6.07 Å². The Morgan fingerprint density at radius 1 is 0.862 bits per heavy atom. The SMILES string of the molecule is Cc1cc(C)c(C)c(S(=O)(=O)Nc2cccc(C(=O)Nc3ccncc3)c2)c1C. The molecule has 2 aromatic carbocycles. The molecule has 0 saturated heterocycles. The van der Waals surface area contributed by atoms with Gasteiger partial charge in [0.2, 0.25) is 0 Å². The van der Waals surface area contributed by atoms with Crippen molar-refractivity contribution in [2.75, 3.05) is 10.0 Å². The highest BCUT2D eigenvalue weighted by molar-refractivity contribution is 7.92. The molecule has 3 rings (SSSR count). The zero-order valence-electron chi connectivity index (χ0n) is 16.8. The molecule has 150 valence electrons. The highest BCUT2D eigenvalue weighted by Crippen LogP contribution is 2.28. The average Bonchev–Trinajstić information content (AvgIpc) is 2.67. The Morgan fingerprint density at radius 3 is 2.10 bits per heavy atom. The molecule has 0 aliphatic heterocycles. The lowest BCUT2D eigenvalue weighted by Crippen LogP contribution is -2.18. The first-order valence-electron chi connectivity index (χ1n) is 9.10. The number of hydrogen-bond donors (Lipinski definition) is 2. The fraction of sp³-hybridized carbons (Fsp3) is 0.182. The van der Waals surface area contributed by atoms with Crippen LogP contribution in [0.2, 0.25) is 0 Å². The second-order valence-corrected chi connectivity index (χ2v) is 8.59. The van der Waals surface area contributed by atoms with Gasteiger partial charge in [0.1, 0.15) is 0 Å². The Hall–Kier alpha value is -3.19. The lowest BCUT2D eigenvalue weighted by atomic mass is 10.0. The van der Waals surface area contributed by atoms with Gasteiger partial charge in [-0.3, -0.25) is 14.5 Å². The Kier molecular flexibility index (Phi) is 5.70. The summed E-state index contributed by atoms with van der Waals surface area (Å²) in [5.41, 5.74) is 4.54. The molecule has 7 heteroatoms. The number of sulfonamides is 1. The molecule has 6 nitrogen and oxygen atoms in total. The van der Waals surface area contributed by atoms with E-state index in [1.54, 1.807) is 56.6 Å². The summed E-state index contributed by atoms with van der Waals surface area (Å²) in [6.07, 6.45) is 3.16. The monoisotopic (exact) mass is 409 g/mol. The van der Waals surface area contributed by atoms with Crippen LogP contribution in [0.1, 0.15) is 32.6 Å². The van der Waals surface area contributed by atoms with Gasteiger partial charge in [-0.25, -0.2) is 8.42 Å². The summed E-state index contributed by atoms with van der Waals surface area (Å²) in [6.45, 7) is 7.39. The molecule has 1 aromatic heterocycles. The van der Waals surface area contributed by atoms with Gasteiger partial charge in [0.15, 0.2) is 0 Å². The van der Waals surface area contributed by atoms with E-state index in [0.717, 1.165) is 11.1 Å². The number of amides is 1. The van der Waals surface area contributed by atoms with Gasteiger partial charge in [0.05, 0.1) is 4.90 Å². The smallest absolute Gasteiger partial charge is 0.262 e. The molecular formula is C22H23N3O3S. The van der Waals surface area contributed by atoms with Gasteiger partial charge in [-0.1, -0.05) is 12.1 Å². The van der Waals surface area contributed by atoms with Crippen LogP contribution in [-0.4, -0.2) is 19.3 Å². The third kappa shape index (κ3) is 4.46. The Bertz CT molecular complexity index is 1150. The summed E-state index contributed by atoms with van der Waals surface area (Å²) in [4.78, 5) is 16.7. The maximum atomic E-state index is 13.1. The van der Waals surface area contributed by atoms with Crippen LogP contribution in [0.3, 0.4) is 0 Å². The summed E-state index contributed by atoms with van der Waals surface area (Å²) in [5, 5.41) is 2.76. The molecule has 29 heavy (non-hydrogen) atoms. The number of carbonyl (C=O) groups excluding carboxylic acids is 1. The first-order valence-corrected chi connectivity index (χ1v) is 10.6. The van der Waals surface area contributed by atoms with E-state index < -0.39 is 10.0 Å². The zero-order chi connectivity index (χ0) is 21.2. The topological polar surface area (TPSA) is 88.2 Å². The quantitative estimate of drug-likeness (QED) is 0.655. The van der Waals surface area contributed by atoms with Gasteiger partial charge < -0.3 is 5.32 Å². The van der Waals surface area contributed by atoms with Crippen LogP contribution in [0.5, 0.6) is 0 Å². The van der Waals surface area contributed by atoms with E-state index in [0.29, 0.717) is 28.1 Å². The van der Waals surface area contributed by atoms with Crippen molar-refractivity contribution in [3.05, 3.63) is 82.7 Å². The molecule has 2 N–H and O–H groups in total. The average molecular weight is 410 g/mol. The van der Waals surface area contributed by atoms with Crippen molar-refractivity contribution >= 4 is 27.3 Å². The lowest BCUT2D eigenvalue weighted by molar-refractivity contribution is 0.102. The first-order chi connectivity index (χ1) is 13.7. The van der Waals surface area contributed by atoms with E-state index >= 15 is 0 Å². The van der Waals surface area contributed by atoms with Gasteiger partial charge in [0.25, 0.3) is 15.9 Å². The van der Waals surface area contributed by atoms with Gasteiger partial charge >= 0.3 is 0 Å². The number of carbonyl (C=O) groups is 1. The van der Waals surface area contributed by atoms with Crippen molar-refractivity contribution in [3.63, 3.8) is 0 Å². The Morgan fingerprint density at radius 2 is 1.48 bits per heavy atom. The molecule has 0 saturated carbocycles. The molecule has 0 unspecified atom stereocenters. The normalized spacial score (nSPS) is 11.2. The molecule has 0 spiro atoms. The number of rotatable bonds is 5. The molecule has 0 radical (unpaired) electrons. The number of aromatic nitrogens is 1. The van der Waals surface area contributed by atoms with Crippen molar-refractivity contribution in [1.82, 2.24) is 4.98 Å². The first kappa shape index (κ1) is 20.5. The molecule has 1 amide bonds. The number of aryl methyl sites for hydroxylation is 2. The maximum absolute atomic E-state index is 13.1. The second-order valence-electron chi connectivity index (χ2n) is 6.97. The van der Waals surface area contributed by atoms with Crippen molar-refractivity contribution in [2.24, 2.45) is 0 Å². The van der Waals surface area contributed by atoms with Crippen molar-refractivity contribution < 1.29 is 13.2 Å². The molecular weight excluding hydrogens is 386 g/mol. The maximum Gasteiger partial charge on any atom is 0.262 e. The Labute approximate surface area is 171 Å². The largest absolute Gasteiger partial charge is 0.322 e. The number of benzene rings is 2. The van der Waals surface area contributed by atoms with E-state index in [4.69, 9.17) is 0 Å². The van der Waals surface area contributed by atoms with E-state index in [9.17, 15) is 13.2 Å². The highest BCUT2D eigenvalue weighted by atomic mass is 32.2. The zero-order valence-corrected chi connectivity index (χ0v) is 17.6. The van der Waals surface area contributed by atoms with E-state index in [2.05, 4.69) is 15.0 Å². The summed E-state index contributed by atoms with van der Waals surface area (Å²) < 4.78 is 28.8. The fourth-order valence-electron chi connectivity index (χ4n) is 3.15. The van der Waals surface area contributed by atoms with Crippen LogP contribution in [0, 0.1) is 27.7 Å². The lowest BCUT2D eigenvalue weighted by Gasteiger charge is -2.17.